The molecule has 0 fully saturated rings. The number of hydrogen-bond acceptors (Lipinski definition) is 4. The Balaban J connectivity index is 2.57. The van der Waals surface area contributed by atoms with Crippen LogP contribution in [0.25, 0.3) is 0 Å². The third kappa shape index (κ3) is 2.27. The van der Waals surface area contributed by atoms with Gasteiger partial charge in [0, 0.05) is 5.56 Å². The van der Waals surface area contributed by atoms with Gasteiger partial charge in [0.05, 0.1) is 11.5 Å². The van der Waals surface area contributed by atoms with Crippen LogP contribution in [0.1, 0.15) is 29.8 Å². The normalized spacial score (nSPS) is 18.9. The number of amides is 1. The highest BCUT2D eigenvalue weighted by molar-refractivity contribution is 7.92. The van der Waals surface area contributed by atoms with Gasteiger partial charge in [-0.25, -0.2) is 8.42 Å². The van der Waals surface area contributed by atoms with Gasteiger partial charge in [0.15, 0.2) is 10.9 Å². The number of aliphatic imine (C=N–C) groups is 1. The summed E-state index contributed by atoms with van der Waals surface area (Å²) >= 11 is 0. The zero-order valence-electron chi connectivity index (χ0n) is 11.1. The number of hydrogen-bond donors (Lipinski definition) is 2. The highest BCUT2D eigenvalue weighted by atomic mass is 32.2. The first-order valence-electron chi connectivity index (χ1n) is 5.80. The van der Waals surface area contributed by atoms with E-state index in [0.717, 1.165) is 0 Å². The molecule has 0 spiro atoms. The van der Waals surface area contributed by atoms with E-state index >= 15 is 0 Å². The van der Waals surface area contributed by atoms with Crippen LogP contribution in [0.15, 0.2) is 28.1 Å². The summed E-state index contributed by atoms with van der Waals surface area (Å²) in [7, 11) is -3.69. The van der Waals surface area contributed by atoms with Crippen molar-refractivity contribution in [1.29, 1.82) is 0 Å². The van der Waals surface area contributed by atoms with Crippen LogP contribution < -0.4 is 11.5 Å². The second-order valence-electron chi connectivity index (χ2n) is 4.86. The molecule has 4 N–H and O–H groups in total. The van der Waals surface area contributed by atoms with Crippen molar-refractivity contribution in [3.63, 3.8) is 0 Å². The van der Waals surface area contributed by atoms with E-state index in [4.69, 9.17) is 16.2 Å². The van der Waals surface area contributed by atoms with Gasteiger partial charge >= 0.3 is 0 Å². The van der Waals surface area contributed by atoms with E-state index in [2.05, 4.69) is 4.99 Å². The highest BCUT2D eigenvalue weighted by Crippen LogP contribution is 2.35. The van der Waals surface area contributed by atoms with Gasteiger partial charge in [-0.05, 0) is 31.5 Å². The smallest absolute Gasteiger partial charge is 0.280 e. The van der Waals surface area contributed by atoms with E-state index in [-0.39, 0.29) is 23.0 Å². The first kappa shape index (κ1) is 14.5. The standard InChI is InChI=1S/C12H15N3O4S/c1-12(2)19-6-8-4-3-7(10(16)15-11(13)14)5-9(8)20(12,17)18/h3-5H,6H2,1-2H3,(H4,13,14,15,16). The van der Waals surface area contributed by atoms with Crippen molar-refractivity contribution in [2.45, 2.75) is 30.3 Å². The van der Waals surface area contributed by atoms with Gasteiger partial charge in [-0.1, -0.05) is 6.07 Å². The Hall–Kier alpha value is -1.93. The molecule has 0 atom stereocenters. The van der Waals surface area contributed by atoms with Crippen molar-refractivity contribution in [1.82, 2.24) is 0 Å². The zero-order chi connectivity index (χ0) is 15.1. The number of rotatable bonds is 1. The number of carbonyl (C=O) groups is 1. The Morgan fingerprint density at radius 1 is 1.35 bits per heavy atom. The summed E-state index contributed by atoms with van der Waals surface area (Å²) in [5.41, 5.74) is 10.9. The molecule has 0 saturated heterocycles. The summed E-state index contributed by atoms with van der Waals surface area (Å²) in [5.74, 6) is -1.06. The quantitative estimate of drug-likeness (QED) is 0.561. The minimum absolute atomic E-state index is 0.0744. The molecule has 0 bridgehead atoms. The number of fused-ring (bicyclic) bond motifs is 1. The lowest BCUT2D eigenvalue weighted by atomic mass is 10.1. The summed E-state index contributed by atoms with van der Waals surface area (Å²) in [6, 6.07) is 4.27. The molecule has 1 aliphatic heterocycles. The largest absolute Gasteiger partial charge is 0.370 e. The van der Waals surface area contributed by atoms with Crippen molar-refractivity contribution in [2.24, 2.45) is 16.5 Å². The molecular formula is C12H15N3O4S. The van der Waals surface area contributed by atoms with E-state index in [0.29, 0.717) is 5.56 Å². The Bertz CT molecular complexity index is 703. The van der Waals surface area contributed by atoms with Crippen LogP contribution in [0.3, 0.4) is 0 Å². The maximum Gasteiger partial charge on any atom is 0.280 e. The molecule has 1 amide bonds. The van der Waals surface area contributed by atoms with Crippen molar-refractivity contribution in [2.75, 3.05) is 0 Å². The summed E-state index contributed by atoms with van der Waals surface area (Å²) in [6.07, 6.45) is 0. The Labute approximate surface area is 116 Å². The molecule has 0 saturated carbocycles. The van der Waals surface area contributed by atoms with Crippen LogP contribution in [0.4, 0.5) is 0 Å². The van der Waals surface area contributed by atoms with Crippen molar-refractivity contribution in [3.8, 4) is 0 Å². The zero-order valence-corrected chi connectivity index (χ0v) is 11.9. The molecule has 0 aliphatic carbocycles. The van der Waals surface area contributed by atoms with Crippen LogP contribution in [0.5, 0.6) is 0 Å². The number of carbonyl (C=O) groups excluding carboxylic acids is 1. The molecule has 20 heavy (non-hydrogen) atoms. The van der Waals surface area contributed by atoms with E-state index < -0.39 is 20.7 Å². The van der Waals surface area contributed by atoms with Crippen LogP contribution in [0, 0.1) is 0 Å². The molecule has 2 rings (SSSR count). The lowest BCUT2D eigenvalue weighted by molar-refractivity contribution is 0.0240. The van der Waals surface area contributed by atoms with E-state index in [1.165, 1.54) is 32.0 Å². The van der Waals surface area contributed by atoms with E-state index in [1.54, 1.807) is 0 Å². The Morgan fingerprint density at radius 2 is 2.00 bits per heavy atom. The van der Waals surface area contributed by atoms with E-state index in [9.17, 15) is 13.2 Å². The third-order valence-corrected chi connectivity index (χ3v) is 5.43. The first-order valence-corrected chi connectivity index (χ1v) is 7.29. The highest BCUT2D eigenvalue weighted by Gasteiger charge is 2.42. The number of guanidine groups is 1. The monoisotopic (exact) mass is 297 g/mol. The molecule has 1 aromatic rings. The number of nitrogens with two attached hydrogens (primary N) is 2. The fraction of sp³-hybridized carbons (Fsp3) is 0.333. The topological polar surface area (TPSA) is 125 Å². The predicted molar refractivity (Wildman–Crippen MR) is 72.6 cm³/mol. The molecular weight excluding hydrogens is 282 g/mol. The molecule has 1 aromatic carbocycles. The number of benzene rings is 1. The lowest BCUT2D eigenvalue weighted by Crippen LogP contribution is -2.39. The second kappa shape index (κ2) is 4.57. The molecule has 1 heterocycles. The first-order chi connectivity index (χ1) is 9.15. The molecule has 1 aliphatic rings. The lowest BCUT2D eigenvalue weighted by Gasteiger charge is -2.31. The summed E-state index contributed by atoms with van der Waals surface area (Å²) < 4.78 is 30.1. The van der Waals surface area contributed by atoms with Gasteiger partial charge in [0.1, 0.15) is 0 Å². The van der Waals surface area contributed by atoms with Crippen molar-refractivity contribution >= 4 is 21.7 Å². The molecule has 8 heteroatoms. The number of ether oxygens (including phenoxy) is 1. The molecule has 7 nitrogen and oxygen atoms in total. The summed E-state index contributed by atoms with van der Waals surface area (Å²) in [5, 5.41) is 0. The van der Waals surface area contributed by atoms with Crippen LogP contribution in [-0.2, 0) is 21.2 Å². The molecule has 0 unspecified atom stereocenters. The number of nitrogens with zero attached hydrogens (tertiary/aromatic N) is 1. The van der Waals surface area contributed by atoms with Gasteiger partial charge in [0.25, 0.3) is 5.91 Å². The van der Waals surface area contributed by atoms with Gasteiger partial charge in [-0.15, -0.1) is 0 Å². The van der Waals surface area contributed by atoms with Gasteiger partial charge in [0.2, 0.25) is 9.84 Å². The Kier molecular flexibility index (Phi) is 3.31. The van der Waals surface area contributed by atoms with E-state index in [1.807, 2.05) is 0 Å². The number of sulfone groups is 1. The summed E-state index contributed by atoms with van der Waals surface area (Å²) in [4.78, 5) is 13.9. The van der Waals surface area contributed by atoms with Crippen molar-refractivity contribution in [3.05, 3.63) is 29.3 Å². The minimum Gasteiger partial charge on any atom is -0.370 e. The second-order valence-corrected chi connectivity index (χ2v) is 7.29. The maximum atomic E-state index is 12.4. The average molecular weight is 297 g/mol. The SMILES string of the molecule is CC1(C)OCc2ccc(C(=O)N=C(N)N)cc2S1(=O)=O. The van der Waals surface area contributed by atoms with Gasteiger partial charge in [-0.3, -0.25) is 4.79 Å². The molecule has 108 valence electrons. The minimum atomic E-state index is -3.69. The van der Waals surface area contributed by atoms with Crippen molar-refractivity contribution < 1.29 is 17.9 Å². The predicted octanol–water partition coefficient (Wildman–Crippen LogP) is 0.140. The Morgan fingerprint density at radius 3 is 2.60 bits per heavy atom. The average Bonchev–Trinajstić information content (AvgIpc) is 2.33. The molecule has 0 radical (unpaired) electrons. The van der Waals surface area contributed by atoms with Gasteiger partial charge < -0.3 is 16.2 Å². The third-order valence-electron chi connectivity index (χ3n) is 3.06. The molecule has 0 aromatic heterocycles. The fourth-order valence-corrected chi connectivity index (χ4v) is 3.33. The van der Waals surface area contributed by atoms with Crippen LogP contribution in [-0.4, -0.2) is 25.2 Å². The summed E-state index contributed by atoms with van der Waals surface area (Å²) in [6.45, 7) is 3.10. The van der Waals surface area contributed by atoms with Gasteiger partial charge in [-0.2, -0.15) is 4.99 Å². The fourth-order valence-electron chi connectivity index (χ4n) is 1.83. The van der Waals surface area contributed by atoms with Crippen LogP contribution >= 0.6 is 0 Å². The maximum absolute atomic E-state index is 12.4. The van der Waals surface area contributed by atoms with Crippen LogP contribution in [0.2, 0.25) is 0 Å².